The fourth-order valence-corrected chi connectivity index (χ4v) is 1.85. The third-order valence-electron chi connectivity index (χ3n) is 2.19. The van der Waals surface area contributed by atoms with E-state index in [9.17, 15) is 0 Å². The predicted octanol–water partition coefficient (Wildman–Crippen LogP) is 3.23. The fraction of sp³-hybridized carbons (Fsp3) is 0.333. The zero-order valence-electron chi connectivity index (χ0n) is 8.98. The number of hydrogen-bond acceptors (Lipinski definition) is 3. The van der Waals surface area contributed by atoms with E-state index in [0.29, 0.717) is 13.4 Å². The molecule has 1 unspecified atom stereocenters. The highest BCUT2D eigenvalue weighted by atomic mass is 79.9. The van der Waals surface area contributed by atoms with Gasteiger partial charge in [0.1, 0.15) is 5.01 Å². The van der Waals surface area contributed by atoms with Gasteiger partial charge < -0.3 is 14.2 Å². The molecule has 0 fully saturated rings. The monoisotopic (exact) mass is 284 g/mol. The van der Waals surface area contributed by atoms with Gasteiger partial charge in [-0.25, -0.2) is 0 Å². The minimum atomic E-state index is -0.0528. The third-order valence-corrected chi connectivity index (χ3v) is 2.76. The first kappa shape index (κ1) is 11.5. The Morgan fingerprint density at radius 2 is 2.25 bits per heavy atom. The average Bonchev–Trinajstić information content (AvgIpc) is 2.74. The molecule has 4 heteroatoms. The lowest BCUT2D eigenvalue weighted by atomic mass is 10.2. The molecule has 1 aliphatic heterocycles. The van der Waals surface area contributed by atoms with Crippen molar-refractivity contribution in [1.29, 1.82) is 0 Å². The molecule has 1 heterocycles. The Morgan fingerprint density at radius 1 is 1.44 bits per heavy atom. The zero-order chi connectivity index (χ0) is 11.4. The van der Waals surface area contributed by atoms with Crippen molar-refractivity contribution in [3.63, 3.8) is 0 Å². The van der Waals surface area contributed by atoms with Crippen molar-refractivity contribution in [3.05, 3.63) is 35.9 Å². The van der Waals surface area contributed by atoms with Crippen LogP contribution in [-0.4, -0.2) is 11.8 Å². The number of halogens is 1. The minimum Gasteiger partial charge on any atom is -0.454 e. The van der Waals surface area contributed by atoms with Crippen LogP contribution < -0.4 is 9.47 Å². The Hall–Kier alpha value is -1.00. The van der Waals surface area contributed by atoms with E-state index in [-0.39, 0.29) is 5.01 Å². The number of rotatable bonds is 4. The van der Waals surface area contributed by atoms with Crippen molar-refractivity contribution in [3.8, 4) is 11.5 Å². The number of ether oxygens (including phenoxy) is 3. The molecule has 86 valence electrons. The van der Waals surface area contributed by atoms with Crippen LogP contribution in [0.4, 0.5) is 0 Å². The van der Waals surface area contributed by atoms with Gasteiger partial charge in [0, 0.05) is 0 Å². The highest BCUT2D eigenvalue weighted by Gasteiger charge is 2.13. The van der Waals surface area contributed by atoms with Gasteiger partial charge in [-0.1, -0.05) is 28.1 Å². The molecule has 1 atom stereocenters. The largest absolute Gasteiger partial charge is 0.454 e. The van der Waals surface area contributed by atoms with E-state index >= 15 is 0 Å². The van der Waals surface area contributed by atoms with Gasteiger partial charge in [-0.2, -0.15) is 0 Å². The van der Waals surface area contributed by atoms with E-state index in [1.54, 1.807) is 0 Å². The molecule has 0 bridgehead atoms. The highest BCUT2D eigenvalue weighted by Crippen LogP contribution is 2.32. The smallest absolute Gasteiger partial charge is 0.231 e. The van der Waals surface area contributed by atoms with Crippen LogP contribution >= 0.6 is 15.9 Å². The Bertz CT molecular complexity index is 390. The number of hydrogen-bond donors (Lipinski definition) is 0. The lowest BCUT2D eigenvalue weighted by Gasteiger charge is -2.07. The number of allylic oxidation sites excluding steroid dienone is 1. The lowest BCUT2D eigenvalue weighted by molar-refractivity contribution is 0.130. The topological polar surface area (TPSA) is 27.7 Å². The molecule has 2 rings (SSSR count). The van der Waals surface area contributed by atoms with E-state index in [4.69, 9.17) is 14.2 Å². The van der Waals surface area contributed by atoms with E-state index in [0.717, 1.165) is 17.1 Å². The summed E-state index contributed by atoms with van der Waals surface area (Å²) in [6.07, 6.45) is 3.88. The van der Waals surface area contributed by atoms with Gasteiger partial charge in [-0.05, 0) is 30.7 Å². The van der Waals surface area contributed by atoms with E-state index in [2.05, 4.69) is 15.9 Å². The molecule has 0 N–H and O–H groups in total. The molecule has 0 amide bonds. The SMILES string of the molecule is CC=CC(Br)OCc1ccc2c(c1)OCO2. The standard InChI is InChI=1S/C12H13BrO3/c1-2-3-12(13)14-7-9-4-5-10-11(6-9)16-8-15-10/h2-6,12H,7-8H2,1H3. The summed E-state index contributed by atoms with van der Waals surface area (Å²) < 4.78 is 16.1. The second-order valence-electron chi connectivity index (χ2n) is 3.38. The summed E-state index contributed by atoms with van der Waals surface area (Å²) in [5.74, 6) is 1.59. The molecule has 1 aromatic carbocycles. The van der Waals surface area contributed by atoms with Crippen molar-refractivity contribution >= 4 is 15.9 Å². The Kier molecular flexibility index (Phi) is 3.85. The van der Waals surface area contributed by atoms with Crippen LogP contribution in [0.3, 0.4) is 0 Å². The van der Waals surface area contributed by atoms with E-state index in [1.165, 1.54) is 0 Å². The average molecular weight is 285 g/mol. The molecule has 16 heavy (non-hydrogen) atoms. The Balaban J connectivity index is 1.95. The predicted molar refractivity (Wildman–Crippen MR) is 64.9 cm³/mol. The Morgan fingerprint density at radius 3 is 3.06 bits per heavy atom. The maximum atomic E-state index is 5.56. The first-order valence-electron chi connectivity index (χ1n) is 5.06. The molecule has 3 nitrogen and oxygen atoms in total. The normalized spacial score (nSPS) is 15.6. The van der Waals surface area contributed by atoms with Crippen LogP contribution in [-0.2, 0) is 11.3 Å². The summed E-state index contributed by atoms with van der Waals surface area (Å²) in [4.78, 5) is 0. The van der Waals surface area contributed by atoms with Crippen LogP contribution in [0.1, 0.15) is 12.5 Å². The third kappa shape index (κ3) is 2.77. The zero-order valence-corrected chi connectivity index (χ0v) is 10.6. The van der Waals surface area contributed by atoms with Gasteiger partial charge in [0.15, 0.2) is 11.5 Å². The summed E-state index contributed by atoms with van der Waals surface area (Å²) in [5.41, 5.74) is 1.07. The lowest BCUT2D eigenvalue weighted by Crippen LogP contribution is -2.00. The molecule has 1 aliphatic rings. The molecule has 0 radical (unpaired) electrons. The molecule has 0 spiro atoms. The molecular weight excluding hydrogens is 272 g/mol. The highest BCUT2D eigenvalue weighted by molar-refractivity contribution is 9.09. The second kappa shape index (κ2) is 5.37. The van der Waals surface area contributed by atoms with Gasteiger partial charge in [-0.15, -0.1) is 0 Å². The summed E-state index contributed by atoms with van der Waals surface area (Å²) in [6, 6.07) is 5.82. The van der Waals surface area contributed by atoms with Crippen LogP contribution in [0.5, 0.6) is 11.5 Å². The maximum absolute atomic E-state index is 5.56. The van der Waals surface area contributed by atoms with E-state index < -0.39 is 0 Å². The summed E-state index contributed by atoms with van der Waals surface area (Å²) >= 11 is 3.39. The molecule has 1 aromatic rings. The molecule has 0 aliphatic carbocycles. The van der Waals surface area contributed by atoms with Crippen molar-refractivity contribution in [1.82, 2.24) is 0 Å². The number of alkyl halides is 1. The minimum absolute atomic E-state index is 0.0528. The van der Waals surface area contributed by atoms with Gasteiger partial charge in [-0.3, -0.25) is 0 Å². The summed E-state index contributed by atoms with van der Waals surface area (Å²) in [5, 5.41) is -0.0528. The van der Waals surface area contributed by atoms with Crippen LogP contribution in [0.2, 0.25) is 0 Å². The van der Waals surface area contributed by atoms with Crippen LogP contribution in [0.25, 0.3) is 0 Å². The van der Waals surface area contributed by atoms with E-state index in [1.807, 2.05) is 37.3 Å². The maximum Gasteiger partial charge on any atom is 0.231 e. The molecule has 0 saturated heterocycles. The number of fused-ring (bicyclic) bond motifs is 1. The van der Waals surface area contributed by atoms with Crippen molar-refractivity contribution in [2.45, 2.75) is 18.5 Å². The molecule has 0 aromatic heterocycles. The van der Waals surface area contributed by atoms with Gasteiger partial charge in [0.25, 0.3) is 0 Å². The quantitative estimate of drug-likeness (QED) is 0.628. The van der Waals surface area contributed by atoms with Crippen molar-refractivity contribution < 1.29 is 14.2 Å². The Labute approximate surface area is 103 Å². The second-order valence-corrected chi connectivity index (χ2v) is 4.28. The summed E-state index contributed by atoms with van der Waals surface area (Å²) in [6.45, 7) is 2.80. The van der Waals surface area contributed by atoms with Crippen LogP contribution in [0, 0.1) is 0 Å². The fourth-order valence-electron chi connectivity index (χ4n) is 1.41. The summed E-state index contributed by atoms with van der Waals surface area (Å²) in [7, 11) is 0. The van der Waals surface area contributed by atoms with Gasteiger partial charge in [0.05, 0.1) is 6.61 Å². The molecular formula is C12H13BrO3. The first-order valence-corrected chi connectivity index (χ1v) is 5.98. The first-order chi connectivity index (χ1) is 7.79. The van der Waals surface area contributed by atoms with Crippen molar-refractivity contribution in [2.24, 2.45) is 0 Å². The van der Waals surface area contributed by atoms with Gasteiger partial charge in [0.2, 0.25) is 6.79 Å². The van der Waals surface area contributed by atoms with Crippen LogP contribution in [0.15, 0.2) is 30.4 Å². The van der Waals surface area contributed by atoms with Gasteiger partial charge >= 0.3 is 0 Å². The molecule has 0 saturated carbocycles. The number of benzene rings is 1. The van der Waals surface area contributed by atoms with Crippen molar-refractivity contribution in [2.75, 3.05) is 6.79 Å².